The quantitative estimate of drug-likeness (QED) is 0.680. The van der Waals surface area contributed by atoms with Crippen molar-refractivity contribution in [2.75, 3.05) is 0 Å². The summed E-state index contributed by atoms with van der Waals surface area (Å²) in [4.78, 5) is 2.79. The molecular formula is C14H21BClNO2. The van der Waals surface area contributed by atoms with Gasteiger partial charge in [-0.05, 0) is 51.5 Å². The van der Waals surface area contributed by atoms with Crippen LogP contribution in [0.15, 0.2) is 30.3 Å². The van der Waals surface area contributed by atoms with Crippen LogP contribution in [0.5, 0.6) is 0 Å². The predicted molar refractivity (Wildman–Crippen MR) is 79.0 cm³/mol. The molecule has 0 amide bonds. The highest BCUT2D eigenvalue weighted by molar-refractivity contribution is 6.48. The molecule has 1 aliphatic heterocycles. The van der Waals surface area contributed by atoms with Gasteiger partial charge in [0.15, 0.2) is 0 Å². The molecule has 0 aliphatic carbocycles. The number of hydrogen-bond donors (Lipinski definition) is 1. The van der Waals surface area contributed by atoms with E-state index in [1.807, 2.05) is 45.9 Å². The predicted octanol–water partition coefficient (Wildman–Crippen LogP) is 2.97. The lowest BCUT2D eigenvalue weighted by Gasteiger charge is -2.32. The normalized spacial score (nSPS) is 22.5. The molecule has 104 valence electrons. The maximum absolute atomic E-state index is 6.02. The van der Waals surface area contributed by atoms with Crippen LogP contribution in [0.25, 0.3) is 0 Å². The Bertz CT molecular complexity index is 409. The molecule has 0 spiro atoms. The van der Waals surface area contributed by atoms with E-state index in [9.17, 15) is 0 Å². The van der Waals surface area contributed by atoms with Crippen molar-refractivity contribution in [2.24, 2.45) is 0 Å². The number of hydrogen-bond acceptors (Lipinski definition) is 3. The summed E-state index contributed by atoms with van der Waals surface area (Å²) in [6, 6.07) is 10.2. The Kier molecular flexibility index (Phi) is 4.26. The van der Waals surface area contributed by atoms with E-state index in [0.29, 0.717) is 0 Å². The first kappa shape index (κ1) is 14.9. The van der Waals surface area contributed by atoms with E-state index >= 15 is 0 Å². The molecule has 0 radical (unpaired) electrons. The lowest BCUT2D eigenvalue weighted by molar-refractivity contribution is 0.00578. The fraction of sp³-hybridized carbons (Fsp3) is 0.571. The SMILES string of the molecule is CC1(C)OB([C@H](Cc2ccccc2)NCl)OC1(C)C. The Balaban J connectivity index is 2.08. The maximum atomic E-state index is 6.02. The smallest absolute Gasteiger partial charge is 0.402 e. The van der Waals surface area contributed by atoms with Crippen LogP contribution in [-0.4, -0.2) is 24.3 Å². The molecule has 1 saturated heterocycles. The molecule has 1 aromatic rings. The van der Waals surface area contributed by atoms with Gasteiger partial charge in [-0.2, -0.15) is 0 Å². The molecule has 1 N–H and O–H groups in total. The summed E-state index contributed by atoms with van der Waals surface area (Å²) in [7, 11) is -0.345. The zero-order chi connectivity index (χ0) is 14.1. The minimum Gasteiger partial charge on any atom is -0.402 e. The number of halogens is 1. The topological polar surface area (TPSA) is 30.5 Å². The number of nitrogens with one attached hydrogen (secondary N) is 1. The lowest BCUT2D eigenvalue weighted by Crippen LogP contribution is -2.43. The minimum absolute atomic E-state index is 0.0786. The second-order valence-electron chi connectivity index (χ2n) is 6.03. The summed E-state index contributed by atoms with van der Waals surface area (Å²) in [6.45, 7) is 8.17. The first-order valence-electron chi connectivity index (χ1n) is 6.61. The molecule has 1 aliphatic rings. The molecule has 1 atom stereocenters. The number of rotatable bonds is 4. The number of benzene rings is 1. The molecule has 1 heterocycles. The lowest BCUT2D eigenvalue weighted by atomic mass is 9.75. The second-order valence-corrected chi connectivity index (χ2v) is 6.25. The van der Waals surface area contributed by atoms with Crippen LogP contribution >= 0.6 is 11.8 Å². The van der Waals surface area contributed by atoms with Gasteiger partial charge in [0.2, 0.25) is 0 Å². The molecular weight excluding hydrogens is 260 g/mol. The van der Waals surface area contributed by atoms with Crippen molar-refractivity contribution in [2.45, 2.75) is 51.3 Å². The maximum Gasteiger partial charge on any atom is 0.477 e. The molecule has 0 unspecified atom stereocenters. The Hall–Kier alpha value is -0.545. The summed E-state index contributed by atoms with van der Waals surface area (Å²) in [5.41, 5.74) is 0.538. The van der Waals surface area contributed by atoms with Crippen LogP contribution in [0.4, 0.5) is 0 Å². The van der Waals surface area contributed by atoms with Crippen molar-refractivity contribution in [1.82, 2.24) is 4.84 Å². The standard InChI is InChI=1S/C14H21BClNO2/c1-13(2)14(3,4)19-15(18-13)12(17-16)10-11-8-6-5-7-9-11/h5-9,12,17H,10H2,1-4H3/t12-/m0/s1. The van der Waals surface area contributed by atoms with E-state index in [1.165, 1.54) is 5.56 Å². The third kappa shape index (κ3) is 3.14. The molecule has 3 nitrogen and oxygen atoms in total. The van der Waals surface area contributed by atoms with Gasteiger partial charge < -0.3 is 9.31 Å². The molecule has 5 heteroatoms. The van der Waals surface area contributed by atoms with Gasteiger partial charge in [0.05, 0.1) is 17.1 Å². The van der Waals surface area contributed by atoms with Gasteiger partial charge in [0.25, 0.3) is 0 Å². The average Bonchev–Trinajstić information content (AvgIpc) is 2.56. The van der Waals surface area contributed by atoms with E-state index in [-0.39, 0.29) is 24.3 Å². The Labute approximate surface area is 120 Å². The van der Waals surface area contributed by atoms with Crippen LogP contribution in [0.1, 0.15) is 33.3 Å². The Morgan fingerprint density at radius 1 is 1.11 bits per heavy atom. The second kappa shape index (κ2) is 5.45. The largest absolute Gasteiger partial charge is 0.477 e. The van der Waals surface area contributed by atoms with E-state index in [1.54, 1.807) is 0 Å². The zero-order valence-corrected chi connectivity index (χ0v) is 12.7. The van der Waals surface area contributed by atoms with E-state index in [2.05, 4.69) is 17.0 Å². The van der Waals surface area contributed by atoms with Crippen molar-refractivity contribution in [3.8, 4) is 0 Å². The summed E-state index contributed by atoms with van der Waals surface area (Å²) in [6.07, 6.45) is 0.765. The summed E-state index contributed by atoms with van der Waals surface area (Å²) < 4.78 is 12.0. The van der Waals surface area contributed by atoms with Gasteiger partial charge in [0, 0.05) is 0 Å². The van der Waals surface area contributed by atoms with Crippen LogP contribution in [0.2, 0.25) is 0 Å². The van der Waals surface area contributed by atoms with E-state index < -0.39 is 0 Å². The molecule has 19 heavy (non-hydrogen) atoms. The first-order valence-corrected chi connectivity index (χ1v) is 6.99. The monoisotopic (exact) mass is 281 g/mol. The third-order valence-electron chi connectivity index (χ3n) is 4.04. The van der Waals surface area contributed by atoms with E-state index in [4.69, 9.17) is 21.1 Å². The highest BCUT2D eigenvalue weighted by Gasteiger charge is 2.53. The van der Waals surface area contributed by atoms with Crippen molar-refractivity contribution < 1.29 is 9.31 Å². The molecule has 0 saturated carbocycles. The Morgan fingerprint density at radius 2 is 1.63 bits per heavy atom. The van der Waals surface area contributed by atoms with Crippen molar-refractivity contribution in [1.29, 1.82) is 0 Å². The summed E-state index contributed by atoms with van der Waals surface area (Å²) in [5.74, 6) is -0.0786. The highest BCUT2D eigenvalue weighted by Crippen LogP contribution is 2.37. The van der Waals surface area contributed by atoms with Gasteiger partial charge in [0.1, 0.15) is 0 Å². The van der Waals surface area contributed by atoms with Crippen LogP contribution in [-0.2, 0) is 15.7 Å². The van der Waals surface area contributed by atoms with Crippen molar-refractivity contribution in [3.05, 3.63) is 35.9 Å². The Morgan fingerprint density at radius 3 is 2.11 bits per heavy atom. The van der Waals surface area contributed by atoms with Crippen LogP contribution in [0.3, 0.4) is 0 Å². The van der Waals surface area contributed by atoms with Crippen LogP contribution in [0, 0.1) is 0 Å². The highest BCUT2D eigenvalue weighted by atomic mass is 35.5. The van der Waals surface area contributed by atoms with E-state index in [0.717, 1.165) is 6.42 Å². The third-order valence-corrected chi connectivity index (χ3v) is 4.32. The van der Waals surface area contributed by atoms with Crippen LogP contribution < -0.4 is 4.84 Å². The molecule has 1 fully saturated rings. The first-order chi connectivity index (χ1) is 8.86. The molecule has 1 aromatic carbocycles. The fourth-order valence-corrected chi connectivity index (χ4v) is 2.29. The summed E-state index contributed by atoms with van der Waals surface area (Å²) in [5, 5.41) is 0. The van der Waals surface area contributed by atoms with Crippen molar-refractivity contribution >= 4 is 18.9 Å². The minimum atomic E-state index is -0.345. The summed E-state index contributed by atoms with van der Waals surface area (Å²) >= 11 is 5.87. The molecule has 0 bridgehead atoms. The zero-order valence-electron chi connectivity index (χ0n) is 11.9. The van der Waals surface area contributed by atoms with Gasteiger partial charge in [-0.15, -0.1) is 0 Å². The average molecular weight is 282 g/mol. The van der Waals surface area contributed by atoms with Gasteiger partial charge in [-0.3, -0.25) is 0 Å². The van der Waals surface area contributed by atoms with Crippen molar-refractivity contribution in [3.63, 3.8) is 0 Å². The van der Waals surface area contributed by atoms with Gasteiger partial charge in [-0.25, -0.2) is 4.84 Å². The molecule has 0 aromatic heterocycles. The van der Waals surface area contributed by atoms with Gasteiger partial charge in [-0.1, -0.05) is 30.3 Å². The van der Waals surface area contributed by atoms with Gasteiger partial charge >= 0.3 is 7.12 Å². The fourth-order valence-electron chi connectivity index (χ4n) is 2.11. The molecule has 2 rings (SSSR count).